The maximum Gasteiger partial charge on any atom is 0.573 e. The molecule has 0 unspecified atom stereocenters. The number of urea groups is 1. The Hall–Kier alpha value is -2.25. The van der Waals surface area contributed by atoms with Crippen LogP contribution in [0, 0.1) is 0 Å². The Morgan fingerprint density at radius 3 is 2.24 bits per heavy atom. The average Bonchev–Trinajstić information content (AvgIpc) is 2.26. The number of hydrogen-bond acceptors (Lipinski definition) is 3. The van der Waals surface area contributed by atoms with Gasteiger partial charge >= 0.3 is 12.4 Å². The second-order valence-corrected chi connectivity index (χ2v) is 5.26. The number of nitrogens with zero attached hydrogens (tertiary/aromatic N) is 1. The van der Waals surface area contributed by atoms with Crippen molar-refractivity contribution in [1.29, 1.82) is 0 Å². The van der Waals surface area contributed by atoms with Crippen LogP contribution in [0.25, 0.3) is 0 Å². The molecular weight excluding hydrogens is 289 g/mol. The van der Waals surface area contributed by atoms with Gasteiger partial charge in [-0.25, -0.2) is 9.69 Å². The van der Waals surface area contributed by atoms with Crippen LogP contribution in [0.2, 0.25) is 0 Å². The minimum atomic E-state index is -4.79. The number of nitrogens with one attached hydrogen (secondary N) is 1. The topological polar surface area (TPSA) is 58.6 Å². The minimum Gasteiger partial charge on any atom is -0.406 e. The van der Waals surface area contributed by atoms with Crippen LogP contribution in [0.3, 0.4) is 0 Å². The summed E-state index contributed by atoms with van der Waals surface area (Å²) in [5.41, 5.74) is -0.466. The fourth-order valence-electron chi connectivity index (χ4n) is 2.02. The summed E-state index contributed by atoms with van der Waals surface area (Å²) in [5, 5.41) is 2.64. The summed E-state index contributed by atoms with van der Waals surface area (Å²) in [6.45, 7) is 3.42. The van der Waals surface area contributed by atoms with Gasteiger partial charge in [0.25, 0.3) is 0 Å². The number of amides is 3. The fourth-order valence-corrected chi connectivity index (χ4v) is 2.02. The van der Waals surface area contributed by atoms with E-state index in [1.165, 1.54) is 12.1 Å². The van der Waals surface area contributed by atoms with Crippen molar-refractivity contribution in [3.8, 4) is 5.75 Å². The SMILES string of the molecule is CC1(C)CC(=O)N(c2ccc(OC(F)(F)F)cc2)C(=O)N1. The molecule has 21 heavy (non-hydrogen) atoms. The maximum absolute atomic E-state index is 12.1. The van der Waals surface area contributed by atoms with Gasteiger partial charge in [0.2, 0.25) is 5.91 Å². The third-order valence-corrected chi connectivity index (χ3v) is 2.82. The molecule has 0 aliphatic carbocycles. The normalized spacial score (nSPS) is 18.4. The van der Waals surface area contributed by atoms with Crippen molar-refractivity contribution in [3.05, 3.63) is 24.3 Å². The van der Waals surface area contributed by atoms with Crippen LogP contribution in [0.15, 0.2) is 24.3 Å². The van der Waals surface area contributed by atoms with Gasteiger partial charge in [0, 0.05) is 5.54 Å². The number of imide groups is 1. The third-order valence-electron chi connectivity index (χ3n) is 2.82. The summed E-state index contributed by atoms with van der Waals surface area (Å²) in [6.07, 6.45) is -4.69. The molecule has 1 heterocycles. The van der Waals surface area contributed by atoms with E-state index in [4.69, 9.17) is 0 Å². The van der Waals surface area contributed by atoms with Gasteiger partial charge in [0.15, 0.2) is 0 Å². The molecule has 1 N–H and O–H groups in total. The average molecular weight is 302 g/mol. The summed E-state index contributed by atoms with van der Waals surface area (Å²) >= 11 is 0. The molecule has 1 aliphatic rings. The maximum atomic E-state index is 12.1. The smallest absolute Gasteiger partial charge is 0.406 e. The van der Waals surface area contributed by atoms with Crippen LogP contribution in [-0.4, -0.2) is 23.8 Å². The molecule has 0 atom stereocenters. The van der Waals surface area contributed by atoms with Crippen molar-refractivity contribution >= 4 is 17.6 Å². The highest BCUT2D eigenvalue weighted by Crippen LogP contribution is 2.28. The van der Waals surface area contributed by atoms with Gasteiger partial charge in [0.05, 0.1) is 12.1 Å². The van der Waals surface area contributed by atoms with Crippen LogP contribution in [0.4, 0.5) is 23.7 Å². The van der Waals surface area contributed by atoms with E-state index < -0.39 is 29.6 Å². The van der Waals surface area contributed by atoms with Crippen molar-refractivity contribution in [2.45, 2.75) is 32.2 Å². The first-order chi connectivity index (χ1) is 9.57. The second-order valence-electron chi connectivity index (χ2n) is 5.26. The van der Waals surface area contributed by atoms with Crippen molar-refractivity contribution in [2.75, 3.05) is 4.90 Å². The number of benzene rings is 1. The monoisotopic (exact) mass is 302 g/mol. The standard InChI is InChI=1S/C13H13F3N2O3/c1-12(2)7-10(19)18(11(20)17-12)8-3-5-9(6-4-8)21-13(14,15)16/h3-6H,7H2,1-2H3,(H,17,20). The van der Waals surface area contributed by atoms with Gasteiger partial charge in [-0.1, -0.05) is 0 Å². The molecule has 0 radical (unpaired) electrons. The van der Waals surface area contributed by atoms with E-state index in [2.05, 4.69) is 10.1 Å². The van der Waals surface area contributed by atoms with Gasteiger partial charge in [-0.15, -0.1) is 13.2 Å². The highest BCUT2D eigenvalue weighted by Gasteiger charge is 2.37. The van der Waals surface area contributed by atoms with Crippen molar-refractivity contribution in [1.82, 2.24) is 5.32 Å². The van der Waals surface area contributed by atoms with E-state index in [0.717, 1.165) is 17.0 Å². The van der Waals surface area contributed by atoms with Crippen LogP contribution in [0.5, 0.6) is 5.75 Å². The lowest BCUT2D eigenvalue weighted by Gasteiger charge is -2.36. The summed E-state index contributed by atoms with van der Waals surface area (Å²) in [5.74, 6) is -0.843. The highest BCUT2D eigenvalue weighted by atomic mass is 19.4. The molecule has 1 aliphatic heterocycles. The van der Waals surface area contributed by atoms with Crippen LogP contribution in [0.1, 0.15) is 20.3 Å². The van der Waals surface area contributed by atoms with Gasteiger partial charge in [-0.3, -0.25) is 4.79 Å². The lowest BCUT2D eigenvalue weighted by Crippen LogP contribution is -2.59. The molecule has 8 heteroatoms. The van der Waals surface area contributed by atoms with Crippen LogP contribution < -0.4 is 15.0 Å². The lowest BCUT2D eigenvalue weighted by atomic mass is 9.97. The molecule has 0 aromatic heterocycles. The number of rotatable bonds is 2. The summed E-state index contributed by atoms with van der Waals surface area (Å²) in [7, 11) is 0. The first-order valence-electron chi connectivity index (χ1n) is 6.08. The van der Waals surface area contributed by atoms with Crippen molar-refractivity contribution < 1.29 is 27.5 Å². The molecule has 5 nitrogen and oxygen atoms in total. The van der Waals surface area contributed by atoms with Gasteiger partial charge in [-0.2, -0.15) is 0 Å². The first kappa shape index (κ1) is 15.1. The quantitative estimate of drug-likeness (QED) is 0.914. The number of carbonyl (C=O) groups is 2. The molecule has 1 aromatic carbocycles. The number of halogens is 3. The van der Waals surface area contributed by atoms with Crippen LogP contribution >= 0.6 is 0 Å². The molecule has 0 saturated carbocycles. The number of anilines is 1. The number of ether oxygens (including phenoxy) is 1. The Kier molecular flexibility index (Phi) is 3.56. The predicted molar refractivity (Wildman–Crippen MR) is 67.8 cm³/mol. The number of alkyl halides is 3. The molecule has 1 saturated heterocycles. The Labute approximate surface area is 118 Å². The minimum absolute atomic E-state index is 0.0968. The second kappa shape index (κ2) is 4.94. The van der Waals surface area contributed by atoms with Crippen LogP contribution in [-0.2, 0) is 4.79 Å². The Balaban J connectivity index is 2.19. The van der Waals surface area contributed by atoms with E-state index in [1.54, 1.807) is 13.8 Å². The summed E-state index contributed by atoms with van der Waals surface area (Å²) in [6, 6.07) is 3.92. The first-order valence-corrected chi connectivity index (χ1v) is 6.08. The van der Waals surface area contributed by atoms with E-state index in [0.29, 0.717) is 0 Å². The molecule has 0 spiro atoms. The number of carbonyl (C=O) groups excluding carboxylic acids is 2. The number of hydrogen-bond donors (Lipinski definition) is 1. The molecule has 1 fully saturated rings. The molecular formula is C13H13F3N2O3. The lowest BCUT2D eigenvalue weighted by molar-refractivity contribution is -0.274. The Bertz CT molecular complexity index is 547. The zero-order chi connectivity index (χ0) is 15.8. The highest BCUT2D eigenvalue weighted by molar-refractivity contribution is 6.16. The van der Waals surface area contributed by atoms with E-state index in [9.17, 15) is 22.8 Å². The summed E-state index contributed by atoms with van der Waals surface area (Å²) < 4.78 is 39.9. The zero-order valence-corrected chi connectivity index (χ0v) is 11.3. The van der Waals surface area contributed by atoms with Gasteiger partial charge in [-0.05, 0) is 38.1 Å². The van der Waals surface area contributed by atoms with E-state index >= 15 is 0 Å². The van der Waals surface area contributed by atoms with E-state index in [-0.39, 0.29) is 12.1 Å². The third kappa shape index (κ3) is 3.65. The van der Waals surface area contributed by atoms with Crippen molar-refractivity contribution in [3.63, 3.8) is 0 Å². The Morgan fingerprint density at radius 1 is 1.19 bits per heavy atom. The van der Waals surface area contributed by atoms with E-state index in [1.807, 2.05) is 0 Å². The largest absolute Gasteiger partial charge is 0.573 e. The Morgan fingerprint density at radius 2 is 1.76 bits per heavy atom. The zero-order valence-electron chi connectivity index (χ0n) is 11.3. The van der Waals surface area contributed by atoms with Gasteiger partial charge in [0.1, 0.15) is 5.75 Å². The summed E-state index contributed by atoms with van der Waals surface area (Å²) in [4.78, 5) is 24.8. The molecule has 114 valence electrons. The molecule has 1 aromatic rings. The van der Waals surface area contributed by atoms with Crippen molar-refractivity contribution in [2.24, 2.45) is 0 Å². The predicted octanol–water partition coefficient (Wildman–Crippen LogP) is 2.81. The molecule has 2 rings (SSSR count). The molecule has 3 amide bonds. The fraction of sp³-hybridized carbons (Fsp3) is 0.385. The van der Waals surface area contributed by atoms with Gasteiger partial charge < -0.3 is 10.1 Å². The molecule has 0 bridgehead atoms.